The first kappa shape index (κ1) is 24.9. The van der Waals surface area contributed by atoms with E-state index in [4.69, 9.17) is 5.11 Å². The number of rotatable bonds is 13. The highest BCUT2D eigenvalue weighted by atomic mass is 16.4. The van der Waals surface area contributed by atoms with Crippen molar-refractivity contribution in [3.05, 3.63) is 0 Å². The first-order valence-corrected chi connectivity index (χ1v) is 9.86. The highest BCUT2D eigenvalue weighted by molar-refractivity contribution is 5.73. The third-order valence-electron chi connectivity index (χ3n) is 4.75. The normalized spacial score (nSPS) is 16.3. The Morgan fingerprint density at radius 1 is 0.962 bits per heavy atom. The number of aliphatic carboxylic acids is 1. The molecular formula is C21H38O5. The maximum atomic E-state index is 11.0. The van der Waals surface area contributed by atoms with Crippen molar-refractivity contribution in [3.8, 4) is 11.8 Å². The van der Waals surface area contributed by atoms with Gasteiger partial charge >= 0.3 is 5.97 Å². The van der Waals surface area contributed by atoms with Gasteiger partial charge in [-0.15, -0.1) is 0 Å². The quantitative estimate of drug-likeness (QED) is 0.294. The Balaban J connectivity index is 4.10. The monoisotopic (exact) mass is 370 g/mol. The molecule has 0 heterocycles. The van der Waals surface area contributed by atoms with Gasteiger partial charge in [-0.05, 0) is 46.5 Å². The second-order valence-corrected chi connectivity index (χ2v) is 8.15. The SMILES string of the molecule is CCCCCC(O)C(O)C#CC(C)(O)CCCCCCC(C)(C)C(=O)O. The predicted octanol–water partition coefficient (Wildman–Crippen LogP) is 3.49. The summed E-state index contributed by atoms with van der Waals surface area (Å²) in [6, 6.07) is 0. The standard InChI is InChI=1S/C21H38O5/c1-5-6-9-12-17(22)18(23)13-16-21(4,26)15-11-8-7-10-14-20(2,3)19(24)25/h17-18,22-23,26H,5-12,14-15H2,1-4H3,(H,24,25). The summed E-state index contributed by atoms with van der Waals surface area (Å²) in [6.07, 6.45) is 6.00. The lowest BCUT2D eigenvalue weighted by Gasteiger charge is -2.19. The molecule has 0 aromatic heterocycles. The number of aliphatic hydroxyl groups is 3. The second kappa shape index (κ2) is 12.3. The maximum Gasteiger partial charge on any atom is 0.309 e. The summed E-state index contributed by atoms with van der Waals surface area (Å²) in [7, 11) is 0. The zero-order valence-corrected chi connectivity index (χ0v) is 16.9. The maximum absolute atomic E-state index is 11.0. The molecule has 0 aromatic rings. The summed E-state index contributed by atoms with van der Waals surface area (Å²) in [6.45, 7) is 7.16. The predicted molar refractivity (Wildman–Crippen MR) is 104 cm³/mol. The van der Waals surface area contributed by atoms with Gasteiger partial charge < -0.3 is 20.4 Å². The molecule has 0 spiro atoms. The van der Waals surface area contributed by atoms with E-state index in [1.54, 1.807) is 20.8 Å². The summed E-state index contributed by atoms with van der Waals surface area (Å²) >= 11 is 0. The van der Waals surface area contributed by atoms with Crippen molar-refractivity contribution in [1.82, 2.24) is 0 Å². The summed E-state index contributed by atoms with van der Waals surface area (Å²) in [5.41, 5.74) is -1.88. The van der Waals surface area contributed by atoms with Crippen molar-refractivity contribution in [2.75, 3.05) is 0 Å². The van der Waals surface area contributed by atoms with Crippen molar-refractivity contribution in [1.29, 1.82) is 0 Å². The first-order chi connectivity index (χ1) is 12.0. The van der Waals surface area contributed by atoms with Gasteiger partial charge in [0, 0.05) is 0 Å². The van der Waals surface area contributed by atoms with Crippen molar-refractivity contribution < 1.29 is 25.2 Å². The van der Waals surface area contributed by atoms with Gasteiger partial charge in [0.2, 0.25) is 0 Å². The van der Waals surface area contributed by atoms with Crippen LogP contribution in [0.3, 0.4) is 0 Å². The molecule has 5 heteroatoms. The number of hydrogen-bond donors (Lipinski definition) is 4. The molecule has 0 aliphatic rings. The van der Waals surface area contributed by atoms with Crippen molar-refractivity contribution >= 4 is 5.97 Å². The first-order valence-electron chi connectivity index (χ1n) is 9.86. The molecule has 0 saturated carbocycles. The van der Waals surface area contributed by atoms with Gasteiger partial charge in [-0.1, -0.05) is 57.3 Å². The van der Waals surface area contributed by atoms with Gasteiger partial charge in [-0.25, -0.2) is 0 Å². The van der Waals surface area contributed by atoms with Crippen LogP contribution in [0.4, 0.5) is 0 Å². The second-order valence-electron chi connectivity index (χ2n) is 8.15. The molecule has 0 saturated heterocycles. The van der Waals surface area contributed by atoms with E-state index in [1.807, 2.05) is 0 Å². The van der Waals surface area contributed by atoms with Gasteiger partial charge in [-0.2, -0.15) is 0 Å². The van der Waals surface area contributed by atoms with Crippen LogP contribution < -0.4 is 0 Å². The van der Waals surface area contributed by atoms with Crippen LogP contribution in [0.15, 0.2) is 0 Å². The minimum atomic E-state index is -1.19. The van der Waals surface area contributed by atoms with E-state index in [0.29, 0.717) is 19.3 Å². The summed E-state index contributed by atoms with van der Waals surface area (Å²) in [5.74, 6) is 4.48. The molecule has 152 valence electrons. The number of carboxylic acid groups (broad SMARTS) is 1. The Hall–Kier alpha value is -1.09. The minimum absolute atomic E-state index is 0.487. The largest absolute Gasteiger partial charge is 0.481 e. The van der Waals surface area contributed by atoms with Crippen molar-refractivity contribution in [3.63, 3.8) is 0 Å². The minimum Gasteiger partial charge on any atom is -0.481 e. The lowest BCUT2D eigenvalue weighted by atomic mass is 9.87. The number of unbranched alkanes of at least 4 members (excludes halogenated alkanes) is 5. The van der Waals surface area contributed by atoms with Gasteiger partial charge in [0.15, 0.2) is 0 Å². The molecule has 0 fully saturated rings. The zero-order valence-electron chi connectivity index (χ0n) is 16.9. The molecule has 0 bridgehead atoms. The summed E-state index contributed by atoms with van der Waals surface area (Å²) < 4.78 is 0. The fourth-order valence-electron chi connectivity index (χ4n) is 2.65. The van der Waals surface area contributed by atoms with E-state index >= 15 is 0 Å². The van der Waals surface area contributed by atoms with E-state index in [0.717, 1.165) is 44.9 Å². The summed E-state index contributed by atoms with van der Waals surface area (Å²) in [4.78, 5) is 11.0. The molecule has 26 heavy (non-hydrogen) atoms. The van der Waals surface area contributed by atoms with Gasteiger partial charge in [0.05, 0.1) is 11.5 Å². The topological polar surface area (TPSA) is 98.0 Å². The molecule has 4 N–H and O–H groups in total. The Morgan fingerprint density at radius 2 is 1.54 bits per heavy atom. The molecular weight excluding hydrogens is 332 g/mol. The average molecular weight is 371 g/mol. The number of hydrogen-bond acceptors (Lipinski definition) is 4. The van der Waals surface area contributed by atoms with Crippen LogP contribution in [0.2, 0.25) is 0 Å². The van der Waals surface area contributed by atoms with Crippen LogP contribution in [0.25, 0.3) is 0 Å². The lowest BCUT2D eigenvalue weighted by molar-refractivity contribution is -0.147. The van der Waals surface area contributed by atoms with Crippen LogP contribution in [-0.4, -0.2) is 44.2 Å². The molecule has 0 aromatic carbocycles. The highest BCUT2D eigenvalue weighted by Gasteiger charge is 2.26. The molecule has 0 aliphatic carbocycles. The van der Waals surface area contributed by atoms with Crippen molar-refractivity contribution in [2.24, 2.45) is 5.41 Å². The van der Waals surface area contributed by atoms with Crippen LogP contribution in [0, 0.1) is 17.3 Å². The van der Waals surface area contributed by atoms with E-state index in [9.17, 15) is 20.1 Å². The number of carboxylic acids is 1. The van der Waals surface area contributed by atoms with Gasteiger partial charge in [-0.3, -0.25) is 4.79 Å². The molecule has 3 unspecified atom stereocenters. The van der Waals surface area contributed by atoms with Gasteiger partial charge in [0.25, 0.3) is 0 Å². The van der Waals surface area contributed by atoms with E-state index < -0.39 is 29.2 Å². The highest BCUT2D eigenvalue weighted by Crippen LogP contribution is 2.24. The third-order valence-corrected chi connectivity index (χ3v) is 4.75. The Bertz CT molecular complexity index is 459. The Labute approximate surface area is 158 Å². The van der Waals surface area contributed by atoms with Crippen LogP contribution in [0.5, 0.6) is 0 Å². The summed E-state index contributed by atoms with van der Waals surface area (Å²) in [5, 5.41) is 39.0. The zero-order chi connectivity index (χ0) is 20.2. The lowest BCUT2D eigenvalue weighted by Crippen LogP contribution is -2.27. The fourth-order valence-corrected chi connectivity index (χ4v) is 2.65. The molecule has 0 radical (unpaired) electrons. The Morgan fingerprint density at radius 3 is 2.08 bits per heavy atom. The van der Waals surface area contributed by atoms with E-state index in [-0.39, 0.29) is 0 Å². The third kappa shape index (κ3) is 11.5. The fraction of sp³-hybridized carbons (Fsp3) is 0.857. The Kier molecular flexibility index (Phi) is 11.8. The molecule has 0 rings (SSSR count). The molecule has 0 amide bonds. The molecule has 3 atom stereocenters. The van der Waals surface area contributed by atoms with E-state index in [1.165, 1.54) is 0 Å². The van der Waals surface area contributed by atoms with Crippen molar-refractivity contribution in [2.45, 2.75) is 110 Å². The molecule has 0 aliphatic heterocycles. The number of carbonyl (C=O) groups is 1. The number of aliphatic hydroxyl groups excluding tert-OH is 2. The van der Waals surface area contributed by atoms with Crippen LogP contribution in [-0.2, 0) is 4.79 Å². The van der Waals surface area contributed by atoms with Crippen LogP contribution in [0.1, 0.15) is 91.9 Å². The average Bonchev–Trinajstić information content (AvgIpc) is 2.55. The molecule has 5 nitrogen and oxygen atoms in total. The van der Waals surface area contributed by atoms with E-state index in [2.05, 4.69) is 18.8 Å². The smallest absolute Gasteiger partial charge is 0.309 e. The van der Waals surface area contributed by atoms with Crippen LogP contribution >= 0.6 is 0 Å². The van der Waals surface area contributed by atoms with Gasteiger partial charge in [0.1, 0.15) is 11.7 Å².